The van der Waals surface area contributed by atoms with Gasteiger partial charge in [0.2, 0.25) is 0 Å². The van der Waals surface area contributed by atoms with Gasteiger partial charge in [-0.3, -0.25) is 4.79 Å². The Labute approximate surface area is 178 Å². The number of nitrogens with zero attached hydrogens (tertiary/aromatic N) is 1. The van der Waals surface area contributed by atoms with Gasteiger partial charge in [0.25, 0.3) is 0 Å². The number of benzene rings is 1. The van der Waals surface area contributed by atoms with Crippen molar-refractivity contribution in [2.45, 2.75) is 38.3 Å². The van der Waals surface area contributed by atoms with Gasteiger partial charge in [-0.1, -0.05) is 6.08 Å². The highest BCUT2D eigenvalue weighted by Crippen LogP contribution is 2.30. The predicted molar refractivity (Wildman–Crippen MR) is 117 cm³/mol. The number of ether oxygens (including phenoxy) is 1. The molecule has 0 amide bonds. The van der Waals surface area contributed by atoms with Gasteiger partial charge in [-0.2, -0.15) is 0 Å². The third-order valence-electron chi connectivity index (χ3n) is 4.70. The maximum Gasteiger partial charge on any atom is 0.347 e. The van der Waals surface area contributed by atoms with Crippen molar-refractivity contribution in [2.75, 3.05) is 6.26 Å². The van der Waals surface area contributed by atoms with Crippen LogP contribution in [0.1, 0.15) is 40.9 Å². The normalized spacial score (nSPS) is 11.9. The van der Waals surface area contributed by atoms with E-state index in [4.69, 9.17) is 9.15 Å². The van der Waals surface area contributed by atoms with E-state index in [0.717, 1.165) is 27.1 Å². The third-order valence-corrected chi connectivity index (χ3v) is 5.38. The Bertz CT molecular complexity index is 1140. The van der Waals surface area contributed by atoms with Crippen LogP contribution in [0.5, 0.6) is 5.75 Å². The van der Waals surface area contributed by atoms with Crippen LogP contribution in [0.4, 0.5) is 0 Å². The number of carbonyl (C=O) groups excluding carboxylic acids is 1. The van der Waals surface area contributed by atoms with Crippen LogP contribution in [-0.4, -0.2) is 33.7 Å². The number of pyridine rings is 1. The number of carboxylic acids is 1. The molecule has 0 atom stereocenters. The lowest BCUT2D eigenvalue weighted by molar-refractivity contribution is -0.152. The van der Waals surface area contributed by atoms with Crippen LogP contribution in [0.15, 0.2) is 46.2 Å². The maximum absolute atomic E-state index is 12.8. The Morgan fingerprint density at radius 2 is 1.90 bits per heavy atom. The molecule has 0 saturated carbocycles. The average molecular weight is 426 g/mol. The number of carboxylic acid groups (broad SMARTS) is 1. The number of aliphatic carboxylic acids is 1. The number of allylic oxidation sites excluding steroid dienone is 1. The first-order valence-corrected chi connectivity index (χ1v) is 10.5. The van der Waals surface area contributed by atoms with Crippen molar-refractivity contribution in [3.05, 3.63) is 59.0 Å². The van der Waals surface area contributed by atoms with Crippen molar-refractivity contribution in [3.63, 3.8) is 0 Å². The number of thioether (sulfide) groups is 1. The van der Waals surface area contributed by atoms with E-state index >= 15 is 0 Å². The van der Waals surface area contributed by atoms with Crippen molar-refractivity contribution in [2.24, 2.45) is 0 Å². The lowest BCUT2D eigenvalue weighted by atomic mass is 10.0. The zero-order chi connectivity index (χ0) is 22.1. The molecule has 7 heteroatoms. The van der Waals surface area contributed by atoms with Crippen LogP contribution < -0.4 is 4.74 Å². The van der Waals surface area contributed by atoms with Gasteiger partial charge in [0.15, 0.2) is 17.0 Å². The monoisotopic (exact) mass is 425 g/mol. The van der Waals surface area contributed by atoms with Crippen LogP contribution in [0.25, 0.3) is 17.0 Å². The van der Waals surface area contributed by atoms with E-state index in [2.05, 4.69) is 4.98 Å². The largest absolute Gasteiger partial charge is 0.478 e. The minimum absolute atomic E-state index is 0.177. The quantitative estimate of drug-likeness (QED) is 0.312. The van der Waals surface area contributed by atoms with Gasteiger partial charge in [0, 0.05) is 11.6 Å². The maximum atomic E-state index is 12.8. The molecular formula is C23H23NO5S. The van der Waals surface area contributed by atoms with E-state index in [-0.39, 0.29) is 5.78 Å². The van der Waals surface area contributed by atoms with Gasteiger partial charge >= 0.3 is 5.97 Å². The lowest BCUT2D eigenvalue weighted by Crippen LogP contribution is -2.38. The summed E-state index contributed by atoms with van der Waals surface area (Å²) < 4.78 is 11.2. The molecule has 0 unspecified atom stereocenters. The topological polar surface area (TPSA) is 89.6 Å². The minimum Gasteiger partial charge on any atom is -0.478 e. The molecule has 0 bridgehead atoms. The molecule has 3 aromatic rings. The summed E-state index contributed by atoms with van der Waals surface area (Å²) in [6.07, 6.45) is 8.25. The van der Waals surface area contributed by atoms with E-state index in [0.29, 0.717) is 16.9 Å². The lowest BCUT2D eigenvalue weighted by Gasteiger charge is -2.24. The SMILES string of the molecule is CSc1ncc(C(=O)/C=C/c2cc(C)c(OC(C)(C)C(=O)O)c(C)c2)c2ccoc12. The molecule has 2 heterocycles. The van der Waals surface area contributed by atoms with Crippen LogP contribution in [0.2, 0.25) is 0 Å². The van der Waals surface area contributed by atoms with Crippen LogP contribution in [0.3, 0.4) is 0 Å². The van der Waals surface area contributed by atoms with Gasteiger partial charge in [-0.15, -0.1) is 11.8 Å². The summed E-state index contributed by atoms with van der Waals surface area (Å²) in [5, 5.41) is 10.8. The molecule has 2 aromatic heterocycles. The summed E-state index contributed by atoms with van der Waals surface area (Å²) in [6, 6.07) is 5.47. The van der Waals surface area contributed by atoms with Gasteiger partial charge in [-0.05, 0) is 74.9 Å². The van der Waals surface area contributed by atoms with Crippen molar-refractivity contribution < 1.29 is 23.8 Å². The van der Waals surface area contributed by atoms with E-state index in [9.17, 15) is 14.7 Å². The molecule has 0 saturated heterocycles. The summed E-state index contributed by atoms with van der Waals surface area (Å²) in [7, 11) is 0. The smallest absolute Gasteiger partial charge is 0.347 e. The number of hydrogen-bond acceptors (Lipinski definition) is 6. The molecular weight excluding hydrogens is 402 g/mol. The second-order valence-electron chi connectivity index (χ2n) is 7.44. The molecule has 0 aliphatic rings. The Kier molecular flexibility index (Phi) is 6.03. The zero-order valence-corrected chi connectivity index (χ0v) is 18.3. The zero-order valence-electron chi connectivity index (χ0n) is 17.5. The highest BCUT2D eigenvalue weighted by molar-refractivity contribution is 7.98. The van der Waals surface area contributed by atoms with Gasteiger partial charge in [0.1, 0.15) is 10.8 Å². The number of ketones is 1. The fourth-order valence-electron chi connectivity index (χ4n) is 3.08. The van der Waals surface area contributed by atoms with Crippen molar-refractivity contribution in [3.8, 4) is 5.75 Å². The Balaban J connectivity index is 1.87. The predicted octanol–water partition coefficient (Wildman–Crippen LogP) is 5.30. The first-order chi connectivity index (χ1) is 14.1. The number of furan rings is 1. The summed E-state index contributed by atoms with van der Waals surface area (Å²) >= 11 is 1.46. The number of aromatic nitrogens is 1. The number of hydrogen-bond donors (Lipinski definition) is 1. The van der Waals surface area contributed by atoms with Crippen LogP contribution in [-0.2, 0) is 4.79 Å². The minimum atomic E-state index is -1.34. The molecule has 0 aliphatic heterocycles. The molecule has 30 heavy (non-hydrogen) atoms. The third kappa shape index (κ3) is 4.26. The summed E-state index contributed by atoms with van der Waals surface area (Å²) in [5.41, 5.74) is 2.14. The molecule has 0 radical (unpaired) electrons. The van der Waals surface area contributed by atoms with Crippen molar-refractivity contribution >= 4 is 40.6 Å². The van der Waals surface area contributed by atoms with E-state index in [1.165, 1.54) is 31.7 Å². The van der Waals surface area contributed by atoms with Crippen LogP contribution in [0, 0.1) is 13.8 Å². The Hall–Kier alpha value is -3.06. The van der Waals surface area contributed by atoms with Gasteiger partial charge in [-0.25, -0.2) is 9.78 Å². The number of rotatable bonds is 7. The van der Waals surface area contributed by atoms with Gasteiger partial charge in [0.05, 0.1) is 11.8 Å². The van der Waals surface area contributed by atoms with Crippen LogP contribution >= 0.6 is 11.8 Å². The first-order valence-electron chi connectivity index (χ1n) is 9.30. The fourth-order valence-corrected chi connectivity index (χ4v) is 3.58. The molecule has 0 aliphatic carbocycles. The van der Waals surface area contributed by atoms with E-state index in [1.807, 2.05) is 32.2 Å². The summed E-state index contributed by atoms with van der Waals surface area (Å²) in [4.78, 5) is 28.4. The molecule has 156 valence electrons. The number of carbonyl (C=O) groups is 2. The fraction of sp³-hybridized carbons (Fsp3) is 0.261. The average Bonchev–Trinajstić information content (AvgIpc) is 3.18. The molecule has 0 fully saturated rings. The summed E-state index contributed by atoms with van der Waals surface area (Å²) in [5.74, 6) is -0.686. The number of aryl methyl sites for hydroxylation is 2. The van der Waals surface area contributed by atoms with E-state index in [1.54, 1.807) is 24.6 Å². The highest BCUT2D eigenvalue weighted by atomic mass is 32.2. The molecule has 1 N–H and O–H groups in total. The summed E-state index contributed by atoms with van der Waals surface area (Å²) in [6.45, 7) is 6.71. The first kappa shape index (κ1) is 21.6. The Morgan fingerprint density at radius 3 is 2.50 bits per heavy atom. The Morgan fingerprint density at radius 1 is 1.23 bits per heavy atom. The van der Waals surface area contributed by atoms with Crippen molar-refractivity contribution in [1.82, 2.24) is 4.98 Å². The molecule has 0 spiro atoms. The molecule has 3 rings (SSSR count). The number of fused-ring (bicyclic) bond motifs is 1. The standard InChI is InChI=1S/C23H23NO5S/c1-13-10-15(11-14(2)19(13)29-23(3,4)22(26)27)6-7-18(25)17-12-24-21(30-5)20-16(17)8-9-28-20/h6-12H,1-5H3,(H,26,27)/b7-6+. The van der Waals surface area contributed by atoms with Crippen molar-refractivity contribution in [1.29, 1.82) is 0 Å². The van der Waals surface area contributed by atoms with Gasteiger partial charge < -0.3 is 14.3 Å². The molecule has 1 aromatic carbocycles. The second kappa shape index (κ2) is 8.36. The second-order valence-corrected chi connectivity index (χ2v) is 8.24. The molecule has 6 nitrogen and oxygen atoms in total. The highest BCUT2D eigenvalue weighted by Gasteiger charge is 2.30. The van der Waals surface area contributed by atoms with E-state index < -0.39 is 11.6 Å².